The topological polar surface area (TPSA) is 30.5 Å². The molecule has 3 nitrogen and oxygen atoms in total. The van der Waals surface area contributed by atoms with Crippen molar-refractivity contribution in [3.63, 3.8) is 0 Å². The Kier molecular flexibility index (Phi) is 5.03. The first-order valence-corrected chi connectivity index (χ1v) is 7.14. The number of halogens is 1. The number of benzene rings is 1. The fourth-order valence-electron chi connectivity index (χ4n) is 2.27. The van der Waals surface area contributed by atoms with Crippen molar-refractivity contribution in [2.24, 2.45) is 5.92 Å². The van der Waals surface area contributed by atoms with Gasteiger partial charge in [0.05, 0.1) is 17.7 Å². The zero-order valence-corrected chi connectivity index (χ0v) is 12.5. The summed E-state index contributed by atoms with van der Waals surface area (Å²) in [5.41, 5.74) is 1.26. The third-order valence-corrected chi connectivity index (χ3v) is 4.10. The highest BCUT2D eigenvalue weighted by molar-refractivity contribution is 9.10. The van der Waals surface area contributed by atoms with E-state index in [9.17, 15) is 0 Å². The minimum atomic E-state index is 0.389. The van der Waals surface area contributed by atoms with E-state index in [2.05, 4.69) is 40.3 Å². The Hall–Kier alpha value is -0.580. The van der Waals surface area contributed by atoms with E-state index in [4.69, 9.17) is 9.47 Å². The quantitative estimate of drug-likeness (QED) is 0.906. The molecule has 0 bridgehead atoms. The molecule has 0 spiro atoms. The van der Waals surface area contributed by atoms with Crippen LogP contribution >= 0.6 is 15.9 Å². The molecule has 1 heterocycles. The molecule has 1 aliphatic rings. The summed E-state index contributed by atoms with van der Waals surface area (Å²) in [6.07, 6.45) is 1.56. The molecule has 1 aromatic rings. The highest BCUT2D eigenvalue weighted by Gasteiger charge is 2.23. The number of nitrogens with one attached hydrogen (secondary N) is 1. The largest absolute Gasteiger partial charge is 0.496 e. The number of rotatable bonds is 5. The average molecular weight is 314 g/mol. The average Bonchev–Trinajstić information content (AvgIpc) is 2.75. The molecule has 1 saturated heterocycles. The van der Waals surface area contributed by atoms with Crippen molar-refractivity contribution < 1.29 is 9.47 Å². The van der Waals surface area contributed by atoms with Gasteiger partial charge in [0.25, 0.3) is 0 Å². The smallest absolute Gasteiger partial charge is 0.133 e. The predicted molar refractivity (Wildman–Crippen MR) is 75.9 cm³/mol. The summed E-state index contributed by atoms with van der Waals surface area (Å²) in [6, 6.07) is 6.17. The van der Waals surface area contributed by atoms with E-state index in [0.29, 0.717) is 12.0 Å². The Morgan fingerprint density at radius 1 is 1.50 bits per heavy atom. The summed E-state index contributed by atoms with van der Waals surface area (Å²) in [5, 5.41) is 3.50. The van der Waals surface area contributed by atoms with Crippen LogP contribution in [0.5, 0.6) is 5.75 Å². The molecule has 0 aliphatic carbocycles. The molecule has 1 aliphatic heterocycles. The lowest BCUT2D eigenvalue weighted by Crippen LogP contribution is -2.26. The van der Waals surface area contributed by atoms with Gasteiger partial charge in [-0.1, -0.05) is 6.07 Å². The van der Waals surface area contributed by atoms with Crippen LogP contribution < -0.4 is 10.1 Å². The predicted octanol–water partition coefficient (Wildman–Crippen LogP) is 2.97. The summed E-state index contributed by atoms with van der Waals surface area (Å²) < 4.78 is 11.8. The second-order valence-corrected chi connectivity index (χ2v) is 5.58. The van der Waals surface area contributed by atoms with Crippen LogP contribution in [-0.2, 0) is 11.3 Å². The first-order valence-electron chi connectivity index (χ1n) is 6.35. The Bertz CT molecular complexity index is 397. The lowest BCUT2D eigenvalue weighted by Gasteiger charge is -2.15. The van der Waals surface area contributed by atoms with Crippen molar-refractivity contribution in [2.75, 3.05) is 20.3 Å². The van der Waals surface area contributed by atoms with Crippen LogP contribution in [0.4, 0.5) is 0 Å². The number of hydrogen-bond acceptors (Lipinski definition) is 3. The summed E-state index contributed by atoms with van der Waals surface area (Å²) in [4.78, 5) is 0. The van der Waals surface area contributed by atoms with Crippen molar-refractivity contribution in [3.8, 4) is 5.75 Å². The zero-order chi connectivity index (χ0) is 13.0. The lowest BCUT2D eigenvalue weighted by molar-refractivity contribution is 0.105. The minimum absolute atomic E-state index is 0.389. The maximum Gasteiger partial charge on any atom is 0.133 e. The summed E-state index contributed by atoms with van der Waals surface area (Å²) in [5.74, 6) is 1.52. The molecule has 0 saturated carbocycles. The fraction of sp³-hybridized carbons (Fsp3) is 0.571. The van der Waals surface area contributed by atoms with E-state index in [1.165, 1.54) is 12.0 Å². The highest BCUT2D eigenvalue weighted by Crippen LogP contribution is 2.25. The highest BCUT2D eigenvalue weighted by atomic mass is 79.9. The van der Waals surface area contributed by atoms with E-state index in [0.717, 1.165) is 29.9 Å². The molecule has 2 unspecified atom stereocenters. The fourth-order valence-corrected chi connectivity index (χ4v) is 2.85. The van der Waals surface area contributed by atoms with E-state index in [1.54, 1.807) is 7.11 Å². The lowest BCUT2D eigenvalue weighted by atomic mass is 10.0. The Morgan fingerprint density at radius 2 is 2.33 bits per heavy atom. The van der Waals surface area contributed by atoms with E-state index in [-0.39, 0.29) is 0 Å². The molecule has 2 atom stereocenters. The van der Waals surface area contributed by atoms with Crippen molar-refractivity contribution in [1.82, 2.24) is 5.32 Å². The molecular formula is C14H20BrNO2. The van der Waals surface area contributed by atoms with Gasteiger partial charge in [-0.2, -0.15) is 0 Å². The SMILES string of the molecule is COc1ccc(CNCC2CCOC2C)cc1Br. The van der Waals surface area contributed by atoms with E-state index < -0.39 is 0 Å². The van der Waals surface area contributed by atoms with Crippen LogP contribution in [0.25, 0.3) is 0 Å². The number of methoxy groups -OCH3 is 1. The van der Waals surface area contributed by atoms with Crippen LogP contribution in [0.2, 0.25) is 0 Å². The molecule has 0 radical (unpaired) electrons. The van der Waals surface area contributed by atoms with E-state index >= 15 is 0 Å². The summed E-state index contributed by atoms with van der Waals surface area (Å²) in [7, 11) is 1.68. The molecule has 18 heavy (non-hydrogen) atoms. The van der Waals surface area contributed by atoms with Crippen LogP contribution in [0.15, 0.2) is 22.7 Å². The standard InChI is InChI=1S/C14H20BrNO2/c1-10-12(5-6-18-10)9-16-8-11-3-4-14(17-2)13(15)7-11/h3-4,7,10,12,16H,5-6,8-9H2,1-2H3. The van der Waals surface area contributed by atoms with Gasteiger partial charge in [-0.3, -0.25) is 0 Å². The van der Waals surface area contributed by atoms with E-state index in [1.807, 2.05) is 6.07 Å². The first-order chi connectivity index (χ1) is 8.70. The van der Waals surface area contributed by atoms with Crippen molar-refractivity contribution in [1.29, 1.82) is 0 Å². The molecule has 1 aromatic carbocycles. The second-order valence-electron chi connectivity index (χ2n) is 4.72. The van der Waals surface area contributed by atoms with Gasteiger partial charge in [-0.15, -0.1) is 0 Å². The first kappa shape index (κ1) is 13.8. The molecule has 0 aromatic heterocycles. The van der Waals surface area contributed by atoms with Gasteiger partial charge in [0.15, 0.2) is 0 Å². The van der Waals surface area contributed by atoms with Crippen LogP contribution in [0.1, 0.15) is 18.9 Å². The number of hydrogen-bond donors (Lipinski definition) is 1. The zero-order valence-electron chi connectivity index (χ0n) is 10.9. The van der Waals surface area contributed by atoms with Gasteiger partial charge in [0, 0.05) is 19.7 Å². The maximum absolute atomic E-state index is 5.55. The van der Waals surface area contributed by atoms with Crippen LogP contribution in [-0.4, -0.2) is 26.4 Å². The molecule has 1 fully saturated rings. The van der Waals surface area contributed by atoms with Gasteiger partial charge in [-0.25, -0.2) is 0 Å². The minimum Gasteiger partial charge on any atom is -0.496 e. The summed E-state index contributed by atoms with van der Waals surface area (Å²) in [6.45, 7) is 4.96. The third-order valence-electron chi connectivity index (χ3n) is 3.49. The summed E-state index contributed by atoms with van der Waals surface area (Å²) >= 11 is 3.50. The van der Waals surface area contributed by atoms with Crippen molar-refractivity contribution >= 4 is 15.9 Å². The van der Waals surface area contributed by atoms with Crippen LogP contribution in [0.3, 0.4) is 0 Å². The van der Waals surface area contributed by atoms with Gasteiger partial charge >= 0.3 is 0 Å². The van der Waals surface area contributed by atoms with Crippen molar-refractivity contribution in [2.45, 2.75) is 26.0 Å². The van der Waals surface area contributed by atoms with Gasteiger partial charge in [0.1, 0.15) is 5.75 Å². The molecule has 4 heteroatoms. The normalized spacial score (nSPS) is 23.3. The van der Waals surface area contributed by atoms with Crippen LogP contribution in [0, 0.1) is 5.92 Å². The third kappa shape index (κ3) is 3.46. The second kappa shape index (κ2) is 6.55. The van der Waals surface area contributed by atoms with Gasteiger partial charge in [-0.05, 0) is 52.9 Å². The maximum atomic E-state index is 5.55. The molecule has 1 N–H and O–H groups in total. The van der Waals surface area contributed by atoms with Gasteiger partial charge < -0.3 is 14.8 Å². The monoisotopic (exact) mass is 313 g/mol. The Labute approximate surface area is 117 Å². The number of ether oxygens (including phenoxy) is 2. The Morgan fingerprint density at radius 3 is 2.94 bits per heavy atom. The Balaban J connectivity index is 1.81. The van der Waals surface area contributed by atoms with Crippen molar-refractivity contribution in [3.05, 3.63) is 28.2 Å². The molecule has 2 rings (SSSR count). The molecular weight excluding hydrogens is 294 g/mol. The molecule has 0 amide bonds. The van der Waals surface area contributed by atoms with Gasteiger partial charge in [0.2, 0.25) is 0 Å². The molecule has 100 valence electrons.